The Bertz CT molecular complexity index is 568. The van der Waals surface area contributed by atoms with Crippen molar-refractivity contribution in [2.75, 3.05) is 12.3 Å². The number of hydrogen-bond donors (Lipinski definition) is 3. The number of benzene rings is 1. The van der Waals surface area contributed by atoms with Gasteiger partial charge in [0, 0.05) is 5.69 Å². The number of aliphatic hydroxyl groups is 1. The van der Waals surface area contributed by atoms with Crippen LogP contribution in [-0.4, -0.2) is 25.7 Å². The molecule has 5 nitrogen and oxygen atoms in total. The Morgan fingerprint density at radius 2 is 2.00 bits per heavy atom. The average Bonchev–Trinajstić information content (AvgIpc) is 2.77. The highest BCUT2D eigenvalue weighted by molar-refractivity contribution is 7.89. The first-order valence-corrected chi connectivity index (χ1v) is 7.95. The van der Waals surface area contributed by atoms with E-state index in [9.17, 15) is 13.5 Å². The number of rotatable bonds is 4. The lowest BCUT2D eigenvalue weighted by Crippen LogP contribution is -2.49. The zero-order valence-electron chi connectivity index (χ0n) is 10.4. The van der Waals surface area contributed by atoms with Gasteiger partial charge in [-0.05, 0) is 31.0 Å². The summed E-state index contributed by atoms with van der Waals surface area (Å²) in [6.07, 6.45) is 3.07. The fraction of sp³-hybridized carbons (Fsp3) is 0.500. The van der Waals surface area contributed by atoms with E-state index < -0.39 is 15.6 Å². The van der Waals surface area contributed by atoms with Gasteiger partial charge in [-0.15, -0.1) is 0 Å². The van der Waals surface area contributed by atoms with Crippen LogP contribution in [0.5, 0.6) is 0 Å². The van der Waals surface area contributed by atoms with Gasteiger partial charge in [0.2, 0.25) is 10.0 Å². The predicted molar refractivity (Wildman–Crippen MR) is 74.5 cm³/mol. The summed E-state index contributed by atoms with van der Waals surface area (Å²) in [4.78, 5) is -0.0110. The Labute approximate surface area is 117 Å². The lowest BCUT2D eigenvalue weighted by Gasteiger charge is -2.27. The number of anilines is 1. The van der Waals surface area contributed by atoms with Crippen LogP contribution >= 0.6 is 11.6 Å². The first-order chi connectivity index (χ1) is 8.88. The van der Waals surface area contributed by atoms with Crippen molar-refractivity contribution >= 4 is 27.3 Å². The SMILES string of the molecule is Nc1ccc(S(=O)(=O)NC2(CO)CCCC2)c(Cl)c1. The highest BCUT2D eigenvalue weighted by atomic mass is 35.5. The molecule has 19 heavy (non-hydrogen) atoms. The van der Waals surface area contributed by atoms with Gasteiger partial charge < -0.3 is 10.8 Å². The average molecular weight is 305 g/mol. The van der Waals surface area contributed by atoms with Gasteiger partial charge in [0.1, 0.15) is 4.90 Å². The van der Waals surface area contributed by atoms with Crippen molar-refractivity contribution in [3.05, 3.63) is 23.2 Å². The second-order valence-electron chi connectivity index (χ2n) is 4.94. The minimum Gasteiger partial charge on any atom is -0.399 e. The molecule has 0 bridgehead atoms. The predicted octanol–water partition coefficient (Wildman–Crippen LogP) is 1.51. The maximum atomic E-state index is 12.3. The molecular weight excluding hydrogens is 288 g/mol. The lowest BCUT2D eigenvalue weighted by molar-refractivity contribution is 0.185. The van der Waals surface area contributed by atoms with Crippen molar-refractivity contribution in [3.63, 3.8) is 0 Å². The summed E-state index contributed by atoms with van der Waals surface area (Å²) >= 11 is 5.93. The first kappa shape index (κ1) is 14.6. The van der Waals surface area contributed by atoms with Gasteiger partial charge in [0.15, 0.2) is 0 Å². The van der Waals surface area contributed by atoms with Crippen molar-refractivity contribution in [1.29, 1.82) is 0 Å². The van der Waals surface area contributed by atoms with Gasteiger partial charge >= 0.3 is 0 Å². The standard InChI is InChI=1S/C12H17ClN2O3S/c13-10-7-9(14)3-4-11(10)19(17,18)15-12(8-16)5-1-2-6-12/h3-4,7,15-16H,1-2,5-6,8,14H2. The molecule has 0 radical (unpaired) electrons. The molecule has 0 spiro atoms. The van der Waals surface area contributed by atoms with Crippen molar-refractivity contribution in [2.24, 2.45) is 0 Å². The second-order valence-corrected chi connectivity index (χ2v) is 7.00. The Morgan fingerprint density at radius 1 is 1.37 bits per heavy atom. The molecule has 1 aromatic rings. The summed E-state index contributed by atoms with van der Waals surface area (Å²) in [5.74, 6) is 0. The van der Waals surface area contributed by atoms with E-state index in [1.54, 1.807) is 0 Å². The molecule has 0 aliphatic heterocycles. The Morgan fingerprint density at radius 3 is 2.53 bits per heavy atom. The van der Waals surface area contributed by atoms with Gasteiger partial charge in [-0.1, -0.05) is 24.4 Å². The molecule has 0 saturated heterocycles. The molecule has 0 aromatic heterocycles. The largest absolute Gasteiger partial charge is 0.399 e. The highest BCUT2D eigenvalue weighted by Gasteiger charge is 2.37. The number of sulfonamides is 1. The van der Waals surface area contributed by atoms with Crippen LogP contribution in [0.1, 0.15) is 25.7 Å². The van der Waals surface area contributed by atoms with E-state index in [0.717, 1.165) is 12.8 Å². The maximum Gasteiger partial charge on any atom is 0.242 e. The number of nitrogen functional groups attached to an aromatic ring is 1. The Balaban J connectivity index is 2.32. The van der Waals surface area contributed by atoms with Gasteiger partial charge in [-0.25, -0.2) is 13.1 Å². The fourth-order valence-corrected chi connectivity index (χ4v) is 4.42. The molecule has 1 saturated carbocycles. The third-order valence-electron chi connectivity index (χ3n) is 3.46. The molecule has 0 unspecified atom stereocenters. The van der Waals surface area contributed by atoms with Gasteiger partial charge in [-0.2, -0.15) is 0 Å². The summed E-state index contributed by atoms with van der Waals surface area (Å²) in [6, 6.07) is 4.26. The molecule has 106 valence electrons. The summed E-state index contributed by atoms with van der Waals surface area (Å²) in [5, 5.41) is 9.54. The summed E-state index contributed by atoms with van der Waals surface area (Å²) < 4.78 is 27.3. The number of aliphatic hydroxyl groups excluding tert-OH is 1. The number of hydrogen-bond acceptors (Lipinski definition) is 4. The van der Waals surface area contributed by atoms with E-state index in [2.05, 4.69) is 4.72 Å². The van der Waals surface area contributed by atoms with Crippen LogP contribution < -0.4 is 10.5 Å². The van der Waals surface area contributed by atoms with Crippen LogP contribution in [0.4, 0.5) is 5.69 Å². The van der Waals surface area contributed by atoms with Crippen LogP contribution in [0.3, 0.4) is 0 Å². The normalized spacial score (nSPS) is 18.6. The molecule has 1 aromatic carbocycles. The van der Waals surface area contributed by atoms with E-state index in [0.29, 0.717) is 18.5 Å². The molecular formula is C12H17ClN2O3S. The van der Waals surface area contributed by atoms with Crippen LogP contribution in [0.15, 0.2) is 23.1 Å². The van der Waals surface area contributed by atoms with Crippen LogP contribution in [0, 0.1) is 0 Å². The quantitative estimate of drug-likeness (QED) is 0.735. The van der Waals surface area contributed by atoms with Crippen LogP contribution in [-0.2, 0) is 10.0 Å². The first-order valence-electron chi connectivity index (χ1n) is 6.08. The third kappa shape index (κ3) is 3.02. The van der Waals surface area contributed by atoms with Crippen LogP contribution in [0.2, 0.25) is 5.02 Å². The molecule has 1 aliphatic carbocycles. The lowest BCUT2D eigenvalue weighted by atomic mass is 10.0. The zero-order valence-corrected chi connectivity index (χ0v) is 12.0. The van der Waals surface area contributed by atoms with Crippen molar-refractivity contribution in [2.45, 2.75) is 36.1 Å². The van der Waals surface area contributed by atoms with Crippen molar-refractivity contribution < 1.29 is 13.5 Å². The van der Waals surface area contributed by atoms with E-state index in [1.165, 1.54) is 18.2 Å². The van der Waals surface area contributed by atoms with E-state index in [-0.39, 0.29) is 16.5 Å². The summed E-state index contributed by atoms with van der Waals surface area (Å²) in [7, 11) is -3.76. The monoisotopic (exact) mass is 304 g/mol. The Hall–Kier alpha value is -0.820. The summed E-state index contributed by atoms with van der Waals surface area (Å²) in [6.45, 7) is -0.210. The van der Waals surface area contributed by atoms with E-state index in [1.807, 2.05) is 0 Å². The second kappa shape index (κ2) is 5.28. The maximum absolute atomic E-state index is 12.3. The molecule has 1 fully saturated rings. The van der Waals surface area contributed by atoms with Gasteiger partial charge in [-0.3, -0.25) is 0 Å². The minimum absolute atomic E-state index is 0.0110. The van der Waals surface area contributed by atoms with Crippen molar-refractivity contribution in [3.8, 4) is 0 Å². The topological polar surface area (TPSA) is 92.4 Å². The molecule has 0 atom stereocenters. The summed E-state index contributed by atoms with van der Waals surface area (Å²) in [5.41, 5.74) is 5.19. The van der Waals surface area contributed by atoms with Gasteiger partial charge in [0.05, 0.1) is 17.2 Å². The highest BCUT2D eigenvalue weighted by Crippen LogP contribution is 2.32. The zero-order chi connectivity index (χ0) is 14.1. The van der Waals surface area contributed by atoms with Crippen LogP contribution in [0.25, 0.3) is 0 Å². The molecule has 4 N–H and O–H groups in total. The third-order valence-corrected chi connectivity index (χ3v) is 5.52. The minimum atomic E-state index is -3.76. The van der Waals surface area contributed by atoms with E-state index in [4.69, 9.17) is 17.3 Å². The van der Waals surface area contributed by atoms with Gasteiger partial charge in [0.25, 0.3) is 0 Å². The van der Waals surface area contributed by atoms with E-state index >= 15 is 0 Å². The number of nitrogens with two attached hydrogens (primary N) is 1. The smallest absolute Gasteiger partial charge is 0.242 e. The fourth-order valence-electron chi connectivity index (χ4n) is 2.42. The van der Waals surface area contributed by atoms with Crippen molar-refractivity contribution in [1.82, 2.24) is 4.72 Å². The Kier molecular flexibility index (Phi) is 4.06. The molecule has 2 rings (SSSR count). The molecule has 1 aliphatic rings. The number of nitrogens with one attached hydrogen (secondary N) is 1. The molecule has 7 heteroatoms. The molecule has 0 amide bonds. The molecule has 0 heterocycles. The number of halogens is 1.